The van der Waals surface area contributed by atoms with E-state index >= 15 is 0 Å². The second kappa shape index (κ2) is 10.3. The van der Waals surface area contributed by atoms with Gasteiger partial charge in [0.15, 0.2) is 5.13 Å². The zero-order valence-electron chi connectivity index (χ0n) is 17.9. The van der Waals surface area contributed by atoms with Crippen molar-refractivity contribution in [3.05, 3.63) is 52.6 Å². The van der Waals surface area contributed by atoms with Crippen LogP contribution < -0.4 is 10.6 Å². The van der Waals surface area contributed by atoms with E-state index in [4.69, 9.17) is 0 Å². The molecule has 6 heteroatoms. The molecular formula is C24H29N3O2S. The van der Waals surface area contributed by atoms with Crippen molar-refractivity contribution in [1.82, 2.24) is 4.98 Å². The number of hydrogen-bond donors (Lipinski definition) is 2. The zero-order valence-corrected chi connectivity index (χ0v) is 18.7. The number of nitrogens with zero attached hydrogens (tertiary/aromatic N) is 1. The van der Waals surface area contributed by atoms with E-state index in [2.05, 4.69) is 34.7 Å². The van der Waals surface area contributed by atoms with E-state index in [-0.39, 0.29) is 5.91 Å². The maximum atomic E-state index is 12.8. The molecule has 0 fully saturated rings. The van der Waals surface area contributed by atoms with Crippen LogP contribution in [-0.2, 0) is 4.79 Å². The van der Waals surface area contributed by atoms with Crippen molar-refractivity contribution < 1.29 is 9.59 Å². The van der Waals surface area contributed by atoms with Gasteiger partial charge in [-0.15, -0.1) is 0 Å². The lowest BCUT2D eigenvalue weighted by molar-refractivity contribution is -0.107. The van der Waals surface area contributed by atoms with Crippen LogP contribution in [0.1, 0.15) is 59.2 Å². The number of nitrogens with one attached hydrogen (secondary N) is 2. The minimum absolute atomic E-state index is 0.106. The first-order chi connectivity index (χ1) is 14.5. The number of anilines is 2. The number of benzene rings is 2. The van der Waals surface area contributed by atoms with E-state index in [9.17, 15) is 9.59 Å². The van der Waals surface area contributed by atoms with Crippen LogP contribution >= 0.6 is 11.3 Å². The summed E-state index contributed by atoms with van der Waals surface area (Å²) in [4.78, 5) is 27.7. The summed E-state index contributed by atoms with van der Waals surface area (Å²) >= 11 is 1.57. The molecule has 0 saturated heterocycles. The summed E-state index contributed by atoms with van der Waals surface area (Å²) in [6.45, 7) is 6.95. The van der Waals surface area contributed by atoms with Gasteiger partial charge in [-0.1, -0.05) is 41.9 Å². The van der Waals surface area contributed by atoms with Crippen LogP contribution in [0.4, 0.5) is 10.8 Å². The Bertz CT molecular complexity index is 1020. The molecule has 3 rings (SSSR count). The maximum absolute atomic E-state index is 12.8. The van der Waals surface area contributed by atoms with Gasteiger partial charge in [0.1, 0.15) is 6.29 Å². The predicted octanol–water partition coefficient (Wildman–Crippen LogP) is 6.04. The number of rotatable bonds is 10. The number of unbranched alkanes of at least 4 members (excludes halogenated alkanes) is 4. The molecule has 2 aromatic carbocycles. The summed E-state index contributed by atoms with van der Waals surface area (Å²) in [5.41, 5.74) is 5.73. The number of amides is 1. The van der Waals surface area contributed by atoms with Crippen LogP contribution in [-0.4, -0.2) is 23.7 Å². The van der Waals surface area contributed by atoms with Gasteiger partial charge >= 0.3 is 0 Å². The number of carbonyl (C=O) groups is 2. The van der Waals surface area contributed by atoms with Crippen molar-refractivity contribution in [2.24, 2.45) is 0 Å². The Morgan fingerprint density at radius 2 is 1.77 bits per heavy atom. The molecule has 0 bridgehead atoms. The molecule has 0 aliphatic carbocycles. The largest absolute Gasteiger partial charge is 0.361 e. The van der Waals surface area contributed by atoms with Gasteiger partial charge in [-0.2, -0.15) is 0 Å². The molecule has 0 unspecified atom stereocenters. The second-order valence-corrected chi connectivity index (χ2v) is 8.76. The highest BCUT2D eigenvalue weighted by atomic mass is 32.1. The lowest BCUT2D eigenvalue weighted by atomic mass is 10.0. The van der Waals surface area contributed by atoms with Crippen molar-refractivity contribution in [2.45, 2.75) is 52.9 Å². The molecule has 0 saturated carbocycles. The standard InChI is InChI=1S/C24H29N3O2S/c1-16-13-17(2)22(18(3)14-16)27-23(29)19-9-10-20-21(15-19)30-24(26-20)25-11-7-5-4-6-8-12-28/h9-10,12-15H,4-8,11H2,1-3H3,(H,25,26)(H,27,29). The summed E-state index contributed by atoms with van der Waals surface area (Å²) in [7, 11) is 0. The number of carbonyl (C=O) groups excluding carboxylic acids is 2. The summed E-state index contributed by atoms with van der Waals surface area (Å²) in [5, 5.41) is 7.31. The average molecular weight is 424 g/mol. The lowest BCUT2D eigenvalue weighted by Gasteiger charge is -2.12. The highest BCUT2D eigenvalue weighted by Crippen LogP contribution is 2.28. The molecule has 2 N–H and O–H groups in total. The molecular weight excluding hydrogens is 394 g/mol. The van der Waals surface area contributed by atoms with Gasteiger partial charge in [0, 0.05) is 24.2 Å². The minimum Gasteiger partial charge on any atom is -0.361 e. The molecule has 3 aromatic rings. The Labute approximate surface area is 181 Å². The highest BCUT2D eigenvalue weighted by molar-refractivity contribution is 7.22. The first kappa shape index (κ1) is 22.0. The first-order valence-electron chi connectivity index (χ1n) is 10.4. The molecule has 1 heterocycles. The van der Waals surface area contributed by atoms with E-state index in [0.29, 0.717) is 12.0 Å². The quantitative estimate of drug-likeness (QED) is 0.308. The Hall–Kier alpha value is -2.73. The highest BCUT2D eigenvalue weighted by Gasteiger charge is 2.12. The van der Waals surface area contributed by atoms with Crippen molar-refractivity contribution in [3.8, 4) is 0 Å². The molecule has 0 radical (unpaired) electrons. The average Bonchev–Trinajstić information content (AvgIpc) is 3.11. The zero-order chi connectivity index (χ0) is 21.5. The molecule has 1 aromatic heterocycles. The lowest BCUT2D eigenvalue weighted by Crippen LogP contribution is -2.13. The normalized spacial score (nSPS) is 10.9. The van der Waals surface area contributed by atoms with Gasteiger partial charge in [0.05, 0.1) is 10.2 Å². The number of fused-ring (bicyclic) bond motifs is 1. The SMILES string of the molecule is Cc1cc(C)c(NC(=O)c2ccc3nc(NCCCCCCC=O)sc3c2)c(C)c1. The van der Waals surface area contributed by atoms with Crippen molar-refractivity contribution in [2.75, 3.05) is 17.2 Å². The smallest absolute Gasteiger partial charge is 0.255 e. The van der Waals surface area contributed by atoms with E-state index in [0.717, 1.165) is 70.7 Å². The molecule has 158 valence electrons. The molecule has 0 atom stereocenters. The predicted molar refractivity (Wildman–Crippen MR) is 126 cm³/mol. The van der Waals surface area contributed by atoms with Crippen LogP contribution in [0.3, 0.4) is 0 Å². The Morgan fingerprint density at radius 1 is 1.03 bits per heavy atom. The number of thiazole rings is 1. The van der Waals surface area contributed by atoms with Crippen LogP contribution in [0, 0.1) is 20.8 Å². The van der Waals surface area contributed by atoms with Crippen LogP contribution in [0.2, 0.25) is 0 Å². The van der Waals surface area contributed by atoms with Gasteiger partial charge in [0.2, 0.25) is 0 Å². The van der Waals surface area contributed by atoms with Gasteiger partial charge in [-0.25, -0.2) is 4.98 Å². The van der Waals surface area contributed by atoms with E-state index in [1.807, 2.05) is 32.0 Å². The van der Waals surface area contributed by atoms with Crippen LogP contribution in [0.25, 0.3) is 10.2 Å². The van der Waals surface area contributed by atoms with Crippen molar-refractivity contribution >= 4 is 44.6 Å². The molecule has 0 aliphatic rings. The molecule has 1 amide bonds. The third-order valence-corrected chi connectivity index (χ3v) is 6.07. The Morgan fingerprint density at radius 3 is 2.50 bits per heavy atom. The first-order valence-corrected chi connectivity index (χ1v) is 11.3. The van der Waals surface area contributed by atoms with E-state index < -0.39 is 0 Å². The topological polar surface area (TPSA) is 71.1 Å². The van der Waals surface area contributed by atoms with Gasteiger partial charge in [-0.3, -0.25) is 4.79 Å². The Kier molecular flexibility index (Phi) is 7.57. The van der Waals surface area contributed by atoms with Crippen LogP contribution in [0.5, 0.6) is 0 Å². The minimum atomic E-state index is -0.106. The second-order valence-electron chi connectivity index (χ2n) is 7.73. The summed E-state index contributed by atoms with van der Waals surface area (Å²) in [6, 6.07) is 9.80. The fourth-order valence-corrected chi connectivity index (χ4v) is 4.54. The fraction of sp³-hybridized carbons (Fsp3) is 0.375. The third kappa shape index (κ3) is 5.66. The molecule has 30 heavy (non-hydrogen) atoms. The number of aldehydes is 1. The van der Waals surface area contributed by atoms with E-state index in [1.54, 1.807) is 11.3 Å². The molecule has 0 aliphatic heterocycles. The number of aromatic nitrogens is 1. The van der Waals surface area contributed by atoms with Gasteiger partial charge in [0.25, 0.3) is 5.91 Å². The van der Waals surface area contributed by atoms with Crippen molar-refractivity contribution in [1.29, 1.82) is 0 Å². The Balaban J connectivity index is 1.61. The monoisotopic (exact) mass is 423 g/mol. The van der Waals surface area contributed by atoms with E-state index in [1.165, 1.54) is 5.56 Å². The van der Waals surface area contributed by atoms with Crippen LogP contribution in [0.15, 0.2) is 30.3 Å². The summed E-state index contributed by atoms with van der Waals surface area (Å²) < 4.78 is 0.994. The summed E-state index contributed by atoms with van der Waals surface area (Å²) in [5.74, 6) is -0.106. The van der Waals surface area contributed by atoms with Gasteiger partial charge in [-0.05, 0) is 62.9 Å². The fourth-order valence-electron chi connectivity index (χ4n) is 3.61. The number of hydrogen-bond acceptors (Lipinski definition) is 5. The summed E-state index contributed by atoms with van der Waals surface area (Å²) in [6.07, 6.45) is 5.85. The van der Waals surface area contributed by atoms with Crippen molar-refractivity contribution in [3.63, 3.8) is 0 Å². The molecule has 0 spiro atoms. The third-order valence-electron chi connectivity index (χ3n) is 5.09. The number of aryl methyl sites for hydroxylation is 3. The molecule has 5 nitrogen and oxygen atoms in total. The van der Waals surface area contributed by atoms with Gasteiger partial charge < -0.3 is 15.4 Å². The maximum Gasteiger partial charge on any atom is 0.255 e.